The highest BCUT2D eigenvalue weighted by Crippen LogP contribution is 2.07. The summed E-state index contributed by atoms with van der Waals surface area (Å²) in [5.41, 5.74) is 6.39. The van der Waals surface area contributed by atoms with E-state index in [9.17, 15) is 4.79 Å². The summed E-state index contributed by atoms with van der Waals surface area (Å²) in [4.78, 5) is 19.9. The number of aromatic nitrogens is 3. The van der Waals surface area contributed by atoms with Crippen LogP contribution in [0, 0.1) is 11.8 Å². The second-order valence-corrected chi connectivity index (χ2v) is 3.81. The van der Waals surface area contributed by atoms with E-state index in [1.165, 1.54) is 0 Å². The molecule has 6 heteroatoms. The number of carbonyl (C=O) groups excluding carboxylic acids is 1. The first-order chi connectivity index (χ1) is 9.19. The van der Waals surface area contributed by atoms with Crippen molar-refractivity contribution in [3.8, 4) is 11.8 Å². The van der Waals surface area contributed by atoms with Gasteiger partial charge in [-0.2, -0.15) is 0 Å². The number of pyridine rings is 1. The standard InChI is InChI=1S/C13H13N5O/c1-18-8-11(16-9-18)13(19)17-12-7-10(3-2-5-14)4-6-15-12/h4,6-9H,5,14H2,1H3,(H,15,17,19). The van der Waals surface area contributed by atoms with Crippen LogP contribution in [0.5, 0.6) is 0 Å². The highest BCUT2D eigenvalue weighted by molar-refractivity contribution is 6.02. The van der Waals surface area contributed by atoms with Gasteiger partial charge in [0.05, 0.1) is 12.9 Å². The molecule has 96 valence electrons. The number of nitrogens with one attached hydrogen (secondary N) is 1. The molecule has 0 aliphatic heterocycles. The van der Waals surface area contributed by atoms with Crippen LogP contribution in [0.25, 0.3) is 0 Å². The average Bonchev–Trinajstić information content (AvgIpc) is 2.83. The number of rotatable bonds is 2. The van der Waals surface area contributed by atoms with Crippen molar-refractivity contribution in [2.75, 3.05) is 11.9 Å². The summed E-state index contributed by atoms with van der Waals surface area (Å²) < 4.78 is 1.70. The van der Waals surface area contributed by atoms with Gasteiger partial charge in [0, 0.05) is 25.0 Å². The Morgan fingerprint density at radius 3 is 3.05 bits per heavy atom. The molecule has 0 saturated heterocycles. The van der Waals surface area contributed by atoms with Crippen LogP contribution in [-0.4, -0.2) is 27.0 Å². The molecule has 19 heavy (non-hydrogen) atoms. The van der Waals surface area contributed by atoms with Gasteiger partial charge in [-0.25, -0.2) is 9.97 Å². The molecule has 0 atom stereocenters. The minimum atomic E-state index is -0.308. The summed E-state index contributed by atoms with van der Waals surface area (Å²) in [5.74, 6) is 5.74. The number of carbonyl (C=O) groups is 1. The van der Waals surface area contributed by atoms with E-state index in [-0.39, 0.29) is 12.5 Å². The van der Waals surface area contributed by atoms with Gasteiger partial charge in [-0.05, 0) is 12.1 Å². The Morgan fingerprint density at radius 1 is 1.53 bits per heavy atom. The first kappa shape index (κ1) is 12.8. The van der Waals surface area contributed by atoms with E-state index in [1.807, 2.05) is 0 Å². The molecule has 2 heterocycles. The number of hydrogen-bond acceptors (Lipinski definition) is 4. The Morgan fingerprint density at radius 2 is 2.37 bits per heavy atom. The number of amides is 1. The fourth-order valence-electron chi connectivity index (χ4n) is 1.44. The molecule has 1 amide bonds. The molecule has 6 nitrogen and oxygen atoms in total. The van der Waals surface area contributed by atoms with Gasteiger partial charge in [0.15, 0.2) is 0 Å². The summed E-state index contributed by atoms with van der Waals surface area (Å²) in [7, 11) is 1.80. The minimum absolute atomic E-state index is 0.290. The highest BCUT2D eigenvalue weighted by Gasteiger charge is 2.09. The van der Waals surface area contributed by atoms with E-state index < -0.39 is 0 Å². The van der Waals surface area contributed by atoms with Gasteiger partial charge in [0.25, 0.3) is 5.91 Å². The van der Waals surface area contributed by atoms with Crippen molar-refractivity contribution in [1.29, 1.82) is 0 Å². The van der Waals surface area contributed by atoms with Gasteiger partial charge >= 0.3 is 0 Å². The van der Waals surface area contributed by atoms with Gasteiger partial charge in [0.2, 0.25) is 0 Å². The van der Waals surface area contributed by atoms with Crippen molar-refractivity contribution in [3.05, 3.63) is 42.1 Å². The van der Waals surface area contributed by atoms with Gasteiger partial charge in [-0.3, -0.25) is 4.79 Å². The third kappa shape index (κ3) is 3.40. The van der Waals surface area contributed by atoms with Crippen molar-refractivity contribution < 1.29 is 4.79 Å². The molecule has 0 spiro atoms. The zero-order valence-corrected chi connectivity index (χ0v) is 10.4. The lowest BCUT2D eigenvalue weighted by Gasteiger charge is -2.02. The highest BCUT2D eigenvalue weighted by atomic mass is 16.1. The molecule has 0 radical (unpaired) electrons. The van der Waals surface area contributed by atoms with Crippen LogP contribution in [0.4, 0.5) is 5.82 Å². The number of anilines is 1. The molecule has 2 aromatic heterocycles. The number of hydrogen-bond donors (Lipinski definition) is 2. The maximum atomic E-state index is 11.9. The second-order valence-electron chi connectivity index (χ2n) is 3.81. The Balaban J connectivity index is 2.13. The molecule has 2 aromatic rings. The number of nitrogens with two attached hydrogens (primary N) is 1. The molecule has 0 fully saturated rings. The predicted octanol–water partition coefficient (Wildman–Crippen LogP) is 0.378. The van der Waals surface area contributed by atoms with Gasteiger partial charge in [-0.15, -0.1) is 0 Å². The fraction of sp³-hybridized carbons (Fsp3) is 0.154. The van der Waals surface area contributed by atoms with Crippen LogP contribution in [0.15, 0.2) is 30.9 Å². The second kappa shape index (κ2) is 5.80. The van der Waals surface area contributed by atoms with E-state index in [4.69, 9.17) is 5.73 Å². The maximum Gasteiger partial charge on any atom is 0.276 e. The fourth-order valence-corrected chi connectivity index (χ4v) is 1.44. The normalized spacial score (nSPS) is 9.58. The Hall–Kier alpha value is -2.65. The quantitative estimate of drug-likeness (QED) is 0.759. The van der Waals surface area contributed by atoms with E-state index in [1.54, 1.807) is 42.5 Å². The Labute approximate surface area is 110 Å². The largest absolute Gasteiger partial charge is 0.340 e. The number of nitrogens with zero attached hydrogens (tertiary/aromatic N) is 3. The summed E-state index contributed by atoms with van der Waals surface area (Å²) in [5, 5.41) is 2.66. The smallest absolute Gasteiger partial charge is 0.276 e. The van der Waals surface area contributed by atoms with Crippen molar-refractivity contribution in [1.82, 2.24) is 14.5 Å². The molecule has 0 saturated carbocycles. The van der Waals surface area contributed by atoms with E-state index in [2.05, 4.69) is 27.1 Å². The SMILES string of the molecule is Cn1cnc(C(=O)Nc2cc(C#CCN)ccn2)c1. The number of aryl methyl sites for hydroxylation is 1. The molecule has 0 aliphatic rings. The van der Waals surface area contributed by atoms with Gasteiger partial charge in [-0.1, -0.05) is 11.8 Å². The lowest BCUT2D eigenvalue weighted by Crippen LogP contribution is -2.13. The predicted molar refractivity (Wildman–Crippen MR) is 71.3 cm³/mol. The molecular weight excluding hydrogens is 242 g/mol. The number of imidazole rings is 1. The lowest BCUT2D eigenvalue weighted by molar-refractivity contribution is 0.102. The topological polar surface area (TPSA) is 85.8 Å². The summed E-state index contributed by atoms with van der Waals surface area (Å²) in [6.07, 6.45) is 4.77. The summed E-state index contributed by atoms with van der Waals surface area (Å²) in [6, 6.07) is 3.43. The van der Waals surface area contributed by atoms with Crippen LogP contribution >= 0.6 is 0 Å². The van der Waals surface area contributed by atoms with Crippen molar-refractivity contribution in [3.63, 3.8) is 0 Å². The molecule has 0 aliphatic carbocycles. The van der Waals surface area contributed by atoms with E-state index in [0.717, 1.165) is 5.56 Å². The monoisotopic (exact) mass is 255 g/mol. The summed E-state index contributed by atoms with van der Waals surface area (Å²) >= 11 is 0. The lowest BCUT2D eigenvalue weighted by atomic mass is 10.2. The van der Waals surface area contributed by atoms with Crippen LogP contribution in [0.1, 0.15) is 16.1 Å². The van der Waals surface area contributed by atoms with Crippen LogP contribution in [0.3, 0.4) is 0 Å². The first-order valence-corrected chi connectivity index (χ1v) is 5.63. The Kier molecular flexibility index (Phi) is 3.90. The van der Waals surface area contributed by atoms with E-state index in [0.29, 0.717) is 11.5 Å². The maximum absolute atomic E-state index is 11.9. The van der Waals surface area contributed by atoms with Crippen LogP contribution in [0.2, 0.25) is 0 Å². The zero-order chi connectivity index (χ0) is 13.7. The molecule has 2 rings (SSSR count). The van der Waals surface area contributed by atoms with Crippen molar-refractivity contribution >= 4 is 11.7 Å². The molecule has 0 unspecified atom stereocenters. The molecule has 0 bridgehead atoms. The third-order valence-corrected chi connectivity index (χ3v) is 2.27. The third-order valence-electron chi connectivity index (χ3n) is 2.27. The molecule has 0 aromatic carbocycles. The first-order valence-electron chi connectivity index (χ1n) is 5.63. The van der Waals surface area contributed by atoms with Crippen molar-refractivity contribution in [2.24, 2.45) is 12.8 Å². The summed E-state index contributed by atoms with van der Waals surface area (Å²) in [6.45, 7) is 0.290. The van der Waals surface area contributed by atoms with Gasteiger partial charge in [0.1, 0.15) is 11.5 Å². The van der Waals surface area contributed by atoms with Crippen LogP contribution in [-0.2, 0) is 7.05 Å². The molecular formula is C13H13N5O. The Bertz CT molecular complexity index is 650. The van der Waals surface area contributed by atoms with Crippen molar-refractivity contribution in [2.45, 2.75) is 0 Å². The van der Waals surface area contributed by atoms with E-state index >= 15 is 0 Å². The zero-order valence-electron chi connectivity index (χ0n) is 10.4. The average molecular weight is 255 g/mol. The van der Waals surface area contributed by atoms with Crippen LogP contribution < -0.4 is 11.1 Å². The minimum Gasteiger partial charge on any atom is -0.340 e. The van der Waals surface area contributed by atoms with Gasteiger partial charge < -0.3 is 15.6 Å². The molecule has 3 N–H and O–H groups in total.